The molecule has 2 heteroatoms. The minimum Gasteiger partial charge on any atom is -0.389 e. The molecule has 0 amide bonds. The Bertz CT molecular complexity index is 136. The van der Waals surface area contributed by atoms with E-state index < -0.39 is 5.60 Å². The molecule has 0 atom stereocenters. The van der Waals surface area contributed by atoms with Gasteiger partial charge in [0.1, 0.15) is 0 Å². The lowest BCUT2D eigenvalue weighted by Gasteiger charge is -2.34. The fourth-order valence-electron chi connectivity index (χ4n) is 2.01. The van der Waals surface area contributed by atoms with Crippen LogP contribution in [0.3, 0.4) is 0 Å². The molecule has 66 valence electrons. The van der Waals surface area contributed by atoms with E-state index in [0.717, 1.165) is 25.7 Å². The second kappa shape index (κ2) is 2.76. The number of hydrogen-bond acceptors (Lipinski definition) is 2. The molecule has 0 heterocycles. The molecule has 3 N–H and O–H groups in total. The van der Waals surface area contributed by atoms with E-state index in [2.05, 4.69) is 0 Å². The van der Waals surface area contributed by atoms with Crippen LogP contribution in [0, 0.1) is 5.41 Å². The molecule has 2 nitrogen and oxygen atoms in total. The minimum atomic E-state index is -0.484. The number of hydrogen-bond donors (Lipinski definition) is 2. The van der Waals surface area contributed by atoms with Crippen molar-refractivity contribution in [3.8, 4) is 0 Å². The SMILES string of the molecule is CCC(O)(CC)C1(CN)CC1. The Balaban J connectivity index is 2.68. The Morgan fingerprint density at radius 3 is 1.91 bits per heavy atom. The summed E-state index contributed by atoms with van der Waals surface area (Å²) in [5, 5.41) is 10.1. The van der Waals surface area contributed by atoms with Crippen LogP contribution < -0.4 is 5.73 Å². The Hall–Kier alpha value is -0.0800. The monoisotopic (exact) mass is 157 g/mol. The Labute approximate surface area is 68.8 Å². The quantitative estimate of drug-likeness (QED) is 0.645. The lowest BCUT2D eigenvalue weighted by Crippen LogP contribution is -2.42. The van der Waals surface area contributed by atoms with Crippen LogP contribution in [-0.4, -0.2) is 17.3 Å². The molecule has 0 unspecified atom stereocenters. The summed E-state index contributed by atoms with van der Waals surface area (Å²) < 4.78 is 0. The molecule has 1 rings (SSSR count). The molecule has 0 aliphatic heterocycles. The van der Waals surface area contributed by atoms with Crippen LogP contribution in [0.15, 0.2) is 0 Å². The van der Waals surface area contributed by atoms with Gasteiger partial charge in [0.25, 0.3) is 0 Å². The predicted molar refractivity (Wildman–Crippen MR) is 46.3 cm³/mol. The van der Waals surface area contributed by atoms with Gasteiger partial charge in [-0.3, -0.25) is 0 Å². The largest absolute Gasteiger partial charge is 0.389 e. The average Bonchev–Trinajstić information content (AvgIpc) is 2.83. The molecule has 0 bridgehead atoms. The fourth-order valence-corrected chi connectivity index (χ4v) is 2.01. The van der Waals surface area contributed by atoms with Crippen LogP contribution in [0.2, 0.25) is 0 Å². The minimum absolute atomic E-state index is 0.0799. The van der Waals surface area contributed by atoms with E-state index in [0.29, 0.717) is 6.54 Å². The first-order valence-electron chi connectivity index (χ1n) is 4.56. The topological polar surface area (TPSA) is 46.2 Å². The van der Waals surface area contributed by atoms with Gasteiger partial charge >= 0.3 is 0 Å². The summed E-state index contributed by atoms with van der Waals surface area (Å²) in [6.07, 6.45) is 3.89. The van der Waals surface area contributed by atoms with Crippen molar-refractivity contribution in [1.29, 1.82) is 0 Å². The molecule has 1 aliphatic carbocycles. The number of aliphatic hydroxyl groups is 1. The first-order valence-corrected chi connectivity index (χ1v) is 4.56. The van der Waals surface area contributed by atoms with E-state index >= 15 is 0 Å². The van der Waals surface area contributed by atoms with Gasteiger partial charge in [0, 0.05) is 12.0 Å². The van der Waals surface area contributed by atoms with Crippen molar-refractivity contribution in [2.75, 3.05) is 6.54 Å². The molecule has 0 aromatic carbocycles. The summed E-state index contributed by atoms with van der Waals surface area (Å²) >= 11 is 0. The molecule has 1 saturated carbocycles. The molecule has 0 aromatic heterocycles. The Morgan fingerprint density at radius 2 is 1.82 bits per heavy atom. The molecule has 0 saturated heterocycles. The van der Waals surface area contributed by atoms with Gasteiger partial charge < -0.3 is 10.8 Å². The smallest absolute Gasteiger partial charge is 0.0710 e. The van der Waals surface area contributed by atoms with Gasteiger partial charge in [-0.1, -0.05) is 13.8 Å². The maximum absolute atomic E-state index is 10.1. The number of nitrogens with two attached hydrogens (primary N) is 1. The Morgan fingerprint density at radius 1 is 1.36 bits per heavy atom. The maximum Gasteiger partial charge on any atom is 0.0710 e. The van der Waals surface area contributed by atoms with Crippen molar-refractivity contribution in [1.82, 2.24) is 0 Å². The lowest BCUT2D eigenvalue weighted by molar-refractivity contribution is -0.0361. The van der Waals surface area contributed by atoms with Crippen molar-refractivity contribution >= 4 is 0 Å². The third kappa shape index (κ3) is 1.18. The van der Waals surface area contributed by atoms with E-state index in [1.54, 1.807) is 0 Å². The van der Waals surface area contributed by atoms with Crippen molar-refractivity contribution < 1.29 is 5.11 Å². The predicted octanol–water partition coefficient (Wildman–Crippen LogP) is 1.28. The second-order valence-electron chi connectivity index (χ2n) is 3.72. The van der Waals surface area contributed by atoms with Crippen molar-refractivity contribution in [3.63, 3.8) is 0 Å². The highest BCUT2D eigenvalue weighted by atomic mass is 16.3. The van der Waals surface area contributed by atoms with Crippen LogP contribution in [0.25, 0.3) is 0 Å². The third-order valence-corrected chi connectivity index (χ3v) is 3.40. The normalized spacial score (nSPS) is 21.8. The number of rotatable bonds is 4. The van der Waals surface area contributed by atoms with Gasteiger partial charge in [0.15, 0.2) is 0 Å². The molecule has 0 spiro atoms. The van der Waals surface area contributed by atoms with E-state index in [1.807, 2.05) is 13.8 Å². The highest BCUT2D eigenvalue weighted by Gasteiger charge is 2.55. The highest BCUT2D eigenvalue weighted by Crippen LogP contribution is 2.55. The zero-order valence-corrected chi connectivity index (χ0v) is 7.56. The van der Waals surface area contributed by atoms with Gasteiger partial charge in [-0.05, 0) is 25.7 Å². The standard InChI is InChI=1S/C9H19NO/c1-3-9(11,4-2)8(7-10)5-6-8/h11H,3-7,10H2,1-2H3. The summed E-state index contributed by atoms with van der Waals surface area (Å²) in [6.45, 7) is 4.73. The first kappa shape index (κ1) is 9.01. The van der Waals surface area contributed by atoms with Crippen LogP contribution in [0.1, 0.15) is 39.5 Å². The molecular weight excluding hydrogens is 138 g/mol. The van der Waals surface area contributed by atoms with E-state index in [1.165, 1.54) is 0 Å². The zero-order chi connectivity index (χ0) is 8.54. The van der Waals surface area contributed by atoms with Crippen molar-refractivity contribution in [2.45, 2.75) is 45.1 Å². The highest BCUT2D eigenvalue weighted by molar-refractivity contribution is 5.07. The van der Waals surface area contributed by atoms with Crippen LogP contribution in [0.5, 0.6) is 0 Å². The molecular formula is C9H19NO. The van der Waals surface area contributed by atoms with Gasteiger partial charge in [0.05, 0.1) is 5.60 Å². The van der Waals surface area contributed by atoms with Crippen molar-refractivity contribution in [3.05, 3.63) is 0 Å². The summed E-state index contributed by atoms with van der Waals surface area (Å²) in [7, 11) is 0. The first-order chi connectivity index (χ1) is 5.14. The Kier molecular flexibility index (Phi) is 2.26. The average molecular weight is 157 g/mol. The lowest BCUT2D eigenvalue weighted by atomic mass is 9.80. The molecule has 1 fully saturated rings. The van der Waals surface area contributed by atoms with E-state index in [-0.39, 0.29) is 5.41 Å². The summed E-state index contributed by atoms with van der Waals surface area (Å²) in [6, 6.07) is 0. The summed E-state index contributed by atoms with van der Waals surface area (Å²) in [5.74, 6) is 0. The second-order valence-corrected chi connectivity index (χ2v) is 3.72. The van der Waals surface area contributed by atoms with Crippen LogP contribution in [0.4, 0.5) is 0 Å². The van der Waals surface area contributed by atoms with Gasteiger partial charge in [-0.15, -0.1) is 0 Å². The molecule has 11 heavy (non-hydrogen) atoms. The fraction of sp³-hybridized carbons (Fsp3) is 1.00. The van der Waals surface area contributed by atoms with Gasteiger partial charge in [-0.2, -0.15) is 0 Å². The third-order valence-electron chi connectivity index (χ3n) is 3.40. The van der Waals surface area contributed by atoms with E-state index in [9.17, 15) is 5.11 Å². The zero-order valence-electron chi connectivity index (χ0n) is 7.56. The van der Waals surface area contributed by atoms with E-state index in [4.69, 9.17) is 5.73 Å². The summed E-state index contributed by atoms with van der Waals surface area (Å²) in [5.41, 5.74) is 5.24. The molecule has 1 aliphatic rings. The van der Waals surface area contributed by atoms with Crippen LogP contribution >= 0.6 is 0 Å². The van der Waals surface area contributed by atoms with Crippen molar-refractivity contribution in [2.24, 2.45) is 11.1 Å². The van der Waals surface area contributed by atoms with Gasteiger partial charge in [-0.25, -0.2) is 0 Å². The summed E-state index contributed by atoms with van der Waals surface area (Å²) in [4.78, 5) is 0. The van der Waals surface area contributed by atoms with Gasteiger partial charge in [0.2, 0.25) is 0 Å². The molecule has 0 aromatic rings. The van der Waals surface area contributed by atoms with Crippen LogP contribution in [-0.2, 0) is 0 Å². The molecule has 0 radical (unpaired) electrons. The maximum atomic E-state index is 10.1.